The number of nitrogens with one attached hydrogen (secondary N) is 1. The number of carbonyl (C=O) groups excluding carboxylic acids is 2. The summed E-state index contributed by atoms with van der Waals surface area (Å²) in [6, 6.07) is 21.3. The molecule has 3 aromatic carbocycles. The SMILES string of the molecule is Cc1c(Cl)cccc1N(CC(=O)N(Cc1ccccc1)C(C)C(=O)NC(C)(C)C)S(=O)(=O)c1ccccc1. The number of anilines is 1. The monoisotopic (exact) mass is 555 g/mol. The number of nitrogens with zero attached hydrogens (tertiary/aromatic N) is 2. The zero-order valence-corrected chi connectivity index (χ0v) is 23.9. The summed E-state index contributed by atoms with van der Waals surface area (Å²) in [6.07, 6.45) is 0. The van der Waals surface area contributed by atoms with Gasteiger partial charge in [0.25, 0.3) is 10.0 Å². The zero-order valence-electron chi connectivity index (χ0n) is 22.3. The first kappa shape index (κ1) is 29.2. The molecule has 0 heterocycles. The third-order valence-corrected chi connectivity index (χ3v) is 8.16. The highest BCUT2D eigenvalue weighted by Gasteiger charge is 2.34. The van der Waals surface area contributed by atoms with Crippen molar-refractivity contribution in [1.82, 2.24) is 10.2 Å². The summed E-state index contributed by atoms with van der Waals surface area (Å²) >= 11 is 6.34. The molecule has 1 atom stereocenters. The summed E-state index contributed by atoms with van der Waals surface area (Å²) in [5.41, 5.74) is 1.12. The van der Waals surface area contributed by atoms with Crippen LogP contribution in [0.5, 0.6) is 0 Å². The fourth-order valence-electron chi connectivity index (χ4n) is 3.94. The van der Waals surface area contributed by atoms with Gasteiger partial charge in [-0.25, -0.2) is 8.42 Å². The van der Waals surface area contributed by atoms with Crippen LogP contribution in [0.4, 0.5) is 5.69 Å². The lowest BCUT2D eigenvalue weighted by atomic mass is 10.1. The molecule has 0 bridgehead atoms. The van der Waals surface area contributed by atoms with Crippen molar-refractivity contribution in [3.63, 3.8) is 0 Å². The van der Waals surface area contributed by atoms with E-state index in [1.807, 2.05) is 51.1 Å². The van der Waals surface area contributed by atoms with E-state index in [-0.39, 0.29) is 17.3 Å². The van der Waals surface area contributed by atoms with Crippen molar-refractivity contribution in [2.75, 3.05) is 10.8 Å². The molecule has 0 fully saturated rings. The highest BCUT2D eigenvalue weighted by atomic mass is 35.5. The first-order chi connectivity index (χ1) is 17.8. The molecule has 9 heteroatoms. The Balaban J connectivity index is 2.06. The van der Waals surface area contributed by atoms with Gasteiger partial charge in [-0.15, -0.1) is 0 Å². The third kappa shape index (κ3) is 7.14. The maximum atomic E-state index is 13.9. The first-order valence-electron chi connectivity index (χ1n) is 12.3. The number of hydrogen-bond donors (Lipinski definition) is 1. The van der Waals surface area contributed by atoms with E-state index in [0.717, 1.165) is 9.87 Å². The van der Waals surface area contributed by atoms with Crippen molar-refractivity contribution >= 4 is 39.1 Å². The second-order valence-corrected chi connectivity index (χ2v) is 12.4. The molecule has 0 spiro atoms. The van der Waals surface area contributed by atoms with Crippen LogP contribution in [0.25, 0.3) is 0 Å². The van der Waals surface area contributed by atoms with Crippen LogP contribution in [0.15, 0.2) is 83.8 Å². The van der Waals surface area contributed by atoms with Gasteiger partial charge in [-0.1, -0.05) is 66.2 Å². The van der Waals surface area contributed by atoms with Gasteiger partial charge in [0.1, 0.15) is 12.6 Å². The Hall–Kier alpha value is -3.36. The van der Waals surface area contributed by atoms with Gasteiger partial charge in [-0.3, -0.25) is 13.9 Å². The van der Waals surface area contributed by atoms with Crippen LogP contribution in [0.3, 0.4) is 0 Å². The summed E-state index contributed by atoms with van der Waals surface area (Å²) < 4.78 is 28.7. The van der Waals surface area contributed by atoms with Gasteiger partial charge in [0, 0.05) is 17.1 Å². The lowest BCUT2D eigenvalue weighted by molar-refractivity contribution is -0.140. The molecule has 1 unspecified atom stereocenters. The van der Waals surface area contributed by atoms with Gasteiger partial charge in [-0.2, -0.15) is 0 Å². The Labute approximate surface area is 230 Å². The van der Waals surface area contributed by atoms with E-state index in [0.29, 0.717) is 16.3 Å². The maximum Gasteiger partial charge on any atom is 0.264 e. The minimum absolute atomic E-state index is 0.0420. The van der Waals surface area contributed by atoms with E-state index in [9.17, 15) is 18.0 Å². The van der Waals surface area contributed by atoms with Gasteiger partial charge in [-0.05, 0) is 70.0 Å². The van der Waals surface area contributed by atoms with Crippen molar-refractivity contribution in [3.05, 3.63) is 95.0 Å². The smallest absolute Gasteiger partial charge is 0.264 e. The van der Waals surface area contributed by atoms with Gasteiger partial charge >= 0.3 is 0 Å². The fourth-order valence-corrected chi connectivity index (χ4v) is 5.60. The normalized spacial score (nSPS) is 12.5. The van der Waals surface area contributed by atoms with Crippen LogP contribution < -0.4 is 9.62 Å². The quantitative estimate of drug-likeness (QED) is 0.394. The van der Waals surface area contributed by atoms with E-state index in [2.05, 4.69) is 5.32 Å². The molecule has 2 amide bonds. The van der Waals surface area contributed by atoms with Gasteiger partial charge < -0.3 is 10.2 Å². The predicted molar refractivity (Wildman–Crippen MR) is 152 cm³/mol. The highest BCUT2D eigenvalue weighted by molar-refractivity contribution is 7.92. The van der Waals surface area contributed by atoms with Crippen LogP contribution in [0, 0.1) is 6.92 Å². The van der Waals surface area contributed by atoms with Gasteiger partial charge in [0.15, 0.2) is 0 Å². The van der Waals surface area contributed by atoms with Crippen LogP contribution >= 0.6 is 11.6 Å². The topological polar surface area (TPSA) is 86.8 Å². The molecule has 3 aromatic rings. The Morgan fingerprint density at radius 1 is 0.921 bits per heavy atom. The number of amides is 2. The number of rotatable bonds is 9. The Kier molecular flexibility index (Phi) is 9.22. The maximum absolute atomic E-state index is 13.9. The lowest BCUT2D eigenvalue weighted by Crippen LogP contribution is -2.54. The summed E-state index contributed by atoms with van der Waals surface area (Å²) in [6.45, 7) is 8.54. The molecule has 38 heavy (non-hydrogen) atoms. The molecule has 7 nitrogen and oxygen atoms in total. The molecular weight excluding hydrogens is 522 g/mol. The molecule has 0 saturated heterocycles. The lowest BCUT2D eigenvalue weighted by Gasteiger charge is -2.34. The molecule has 0 aliphatic rings. The van der Waals surface area contributed by atoms with Crippen molar-refractivity contribution < 1.29 is 18.0 Å². The van der Waals surface area contributed by atoms with Crippen molar-refractivity contribution in [2.24, 2.45) is 0 Å². The Bertz CT molecular complexity index is 1370. The second kappa shape index (κ2) is 12.0. The number of hydrogen-bond acceptors (Lipinski definition) is 4. The first-order valence-corrected chi connectivity index (χ1v) is 14.1. The summed E-state index contributed by atoms with van der Waals surface area (Å²) in [4.78, 5) is 28.5. The minimum atomic E-state index is -4.14. The molecule has 1 N–H and O–H groups in total. The molecule has 3 rings (SSSR count). The second-order valence-electron chi connectivity index (χ2n) is 10.1. The summed E-state index contributed by atoms with van der Waals surface area (Å²) in [7, 11) is -4.14. The molecule has 0 radical (unpaired) electrons. The van der Waals surface area contributed by atoms with E-state index in [1.165, 1.54) is 17.0 Å². The van der Waals surface area contributed by atoms with Crippen LogP contribution in [-0.2, 0) is 26.2 Å². The Morgan fingerprint density at radius 2 is 1.50 bits per heavy atom. The molecule has 202 valence electrons. The summed E-state index contributed by atoms with van der Waals surface area (Å²) in [5, 5.41) is 3.29. The van der Waals surface area contributed by atoms with Crippen LogP contribution in [0.1, 0.15) is 38.8 Å². The molecule has 0 saturated carbocycles. The minimum Gasteiger partial charge on any atom is -0.350 e. The Morgan fingerprint density at radius 3 is 2.08 bits per heavy atom. The average molecular weight is 556 g/mol. The van der Waals surface area contributed by atoms with Gasteiger partial charge in [0.05, 0.1) is 10.6 Å². The summed E-state index contributed by atoms with van der Waals surface area (Å²) in [5.74, 6) is -0.859. The van der Waals surface area contributed by atoms with Crippen molar-refractivity contribution in [3.8, 4) is 0 Å². The zero-order chi connectivity index (χ0) is 28.1. The predicted octanol–water partition coefficient (Wildman–Crippen LogP) is 5.18. The number of carbonyl (C=O) groups is 2. The fraction of sp³-hybridized carbons (Fsp3) is 0.310. The molecular formula is C29H34ClN3O4S. The number of halogens is 1. The standard InChI is InChI=1S/C29H34ClN3O4S/c1-21-25(30)17-12-18-26(21)33(38(36,37)24-15-10-7-11-16-24)20-27(34)32(19-23-13-8-6-9-14-23)22(2)28(35)31-29(3,4)5/h6-18,22H,19-20H2,1-5H3,(H,31,35). The molecule has 0 aliphatic heterocycles. The van der Waals surface area contributed by atoms with Crippen LogP contribution in [-0.4, -0.2) is 43.3 Å². The molecule has 0 aliphatic carbocycles. The van der Waals surface area contributed by atoms with Gasteiger partial charge in [0.2, 0.25) is 11.8 Å². The highest BCUT2D eigenvalue weighted by Crippen LogP contribution is 2.31. The molecule has 0 aromatic heterocycles. The number of sulfonamides is 1. The van der Waals surface area contributed by atoms with E-state index in [4.69, 9.17) is 11.6 Å². The largest absolute Gasteiger partial charge is 0.350 e. The van der Waals surface area contributed by atoms with Crippen molar-refractivity contribution in [1.29, 1.82) is 0 Å². The number of benzene rings is 3. The van der Waals surface area contributed by atoms with Crippen LogP contribution in [0.2, 0.25) is 5.02 Å². The van der Waals surface area contributed by atoms with Crippen molar-refractivity contribution in [2.45, 2.75) is 57.6 Å². The van der Waals surface area contributed by atoms with E-state index in [1.54, 1.807) is 50.2 Å². The van der Waals surface area contributed by atoms with E-state index >= 15 is 0 Å². The average Bonchev–Trinajstić information content (AvgIpc) is 2.87. The third-order valence-electron chi connectivity index (χ3n) is 5.98. The van der Waals surface area contributed by atoms with E-state index < -0.39 is 34.1 Å².